The van der Waals surface area contributed by atoms with Crippen molar-refractivity contribution in [1.29, 1.82) is 0 Å². The first kappa shape index (κ1) is 16.3. The summed E-state index contributed by atoms with van der Waals surface area (Å²) in [4.78, 5) is -0.721. The van der Waals surface area contributed by atoms with E-state index in [1.807, 2.05) is 0 Å². The largest absolute Gasteiger partial charge is 0.417 e. The van der Waals surface area contributed by atoms with Crippen molar-refractivity contribution in [2.45, 2.75) is 36.4 Å². The Hall–Kier alpha value is -1.12. The predicted molar refractivity (Wildman–Crippen MR) is 72.3 cm³/mol. The zero-order valence-corrected chi connectivity index (χ0v) is 12.1. The Bertz CT molecular complexity index is 579. The molecule has 2 N–H and O–H groups in total. The average Bonchev–Trinajstić information content (AvgIpc) is 2.66. The molecule has 1 aliphatic heterocycles. The number of sulfonamides is 1. The monoisotopic (exact) mass is 322 g/mol. The third-order valence-corrected chi connectivity index (χ3v) is 4.93. The first-order valence-electron chi connectivity index (χ1n) is 6.70. The zero-order valence-electron chi connectivity index (χ0n) is 11.3. The third kappa shape index (κ3) is 4.18. The van der Waals surface area contributed by atoms with Crippen molar-refractivity contribution in [3.05, 3.63) is 29.8 Å². The summed E-state index contributed by atoms with van der Waals surface area (Å²) >= 11 is 0. The molecular formula is C13H17F3N2O2S. The van der Waals surface area contributed by atoms with Gasteiger partial charge in [0.1, 0.15) is 0 Å². The number of nitrogens with one attached hydrogen (secondary N) is 2. The molecule has 1 saturated heterocycles. The molecule has 0 aliphatic carbocycles. The number of benzene rings is 1. The Morgan fingerprint density at radius 2 is 1.90 bits per heavy atom. The summed E-state index contributed by atoms with van der Waals surface area (Å²) in [6.07, 6.45) is -2.33. The summed E-state index contributed by atoms with van der Waals surface area (Å²) in [7, 11) is -4.20. The Morgan fingerprint density at radius 1 is 1.19 bits per heavy atom. The first-order chi connectivity index (χ1) is 9.81. The van der Waals surface area contributed by atoms with E-state index in [1.165, 1.54) is 12.1 Å². The van der Waals surface area contributed by atoms with Gasteiger partial charge in [-0.2, -0.15) is 13.2 Å². The van der Waals surface area contributed by atoms with Crippen molar-refractivity contribution in [1.82, 2.24) is 10.0 Å². The van der Waals surface area contributed by atoms with Crippen LogP contribution in [0.15, 0.2) is 29.2 Å². The maximum Gasteiger partial charge on any atom is 0.417 e. The van der Waals surface area contributed by atoms with Gasteiger partial charge in [-0.05, 0) is 31.5 Å². The van der Waals surface area contributed by atoms with Crippen LogP contribution in [0, 0.1) is 0 Å². The molecule has 0 radical (unpaired) electrons. The van der Waals surface area contributed by atoms with E-state index in [-0.39, 0.29) is 0 Å². The molecule has 1 unspecified atom stereocenters. The minimum absolute atomic E-state index is 0.390. The molecule has 1 atom stereocenters. The van der Waals surface area contributed by atoms with E-state index in [0.29, 0.717) is 13.0 Å². The van der Waals surface area contributed by atoms with Gasteiger partial charge in [0, 0.05) is 12.6 Å². The highest BCUT2D eigenvalue weighted by atomic mass is 32.2. The fraction of sp³-hybridized carbons (Fsp3) is 0.538. The maximum absolute atomic E-state index is 12.9. The fourth-order valence-corrected chi connectivity index (χ4v) is 3.84. The molecule has 0 spiro atoms. The van der Waals surface area contributed by atoms with Gasteiger partial charge in [-0.3, -0.25) is 0 Å². The minimum atomic E-state index is -4.70. The molecule has 0 amide bonds. The quantitative estimate of drug-likeness (QED) is 0.896. The second-order valence-electron chi connectivity index (χ2n) is 5.01. The van der Waals surface area contributed by atoms with E-state index in [2.05, 4.69) is 10.0 Å². The van der Waals surface area contributed by atoms with Gasteiger partial charge in [0.15, 0.2) is 0 Å². The Kier molecular flexibility index (Phi) is 4.90. The molecule has 1 aromatic carbocycles. The summed E-state index contributed by atoms with van der Waals surface area (Å²) < 4.78 is 65.6. The third-order valence-electron chi connectivity index (χ3n) is 3.35. The highest BCUT2D eigenvalue weighted by molar-refractivity contribution is 7.89. The second-order valence-corrected chi connectivity index (χ2v) is 6.69. The van der Waals surface area contributed by atoms with Gasteiger partial charge in [0.25, 0.3) is 0 Å². The van der Waals surface area contributed by atoms with E-state index in [0.717, 1.165) is 31.5 Å². The van der Waals surface area contributed by atoms with Crippen LogP contribution < -0.4 is 10.0 Å². The van der Waals surface area contributed by atoms with E-state index in [9.17, 15) is 21.6 Å². The van der Waals surface area contributed by atoms with Gasteiger partial charge < -0.3 is 5.32 Å². The van der Waals surface area contributed by atoms with Gasteiger partial charge in [-0.15, -0.1) is 0 Å². The molecular weight excluding hydrogens is 305 g/mol. The lowest BCUT2D eigenvalue weighted by atomic mass is 10.2. The molecule has 1 aliphatic rings. The molecule has 2 rings (SSSR count). The van der Waals surface area contributed by atoms with Crippen LogP contribution in [0.1, 0.15) is 24.8 Å². The molecule has 4 nitrogen and oxygen atoms in total. The number of hydrogen-bond donors (Lipinski definition) is 2. The van der Waals surface area contributed by atoms with Crippen LogP contribution in [0.3, 0.4) is 0 Å². The Morgan fingerprint density at radius 3 is 2.62 bits per heavy atom. The average molecular weight is 322 g/mol. The van der Waals surface area contributed by atoms with Crippen LogP contribution in [0.5, 0.6) is 0 Å². The summed E-state index contributed by atoms with van der Waals surface area (Å²) in [6, 6.07) is 3.83. The van der Waals surface area contributed by atoms with E-state index in [1.54, 1.807) is 0 Å². The van der Waals surface area contributed by atoms with Gasteiger partial charge in [0.05, 0.1) is 10.5 Å². The second kappa shape index (κ2) is 6.33. The standard InChI is InChI=1S/C13H17F3N2O2S/c14-13(15,16)11-6-1-2-7-12(11)21(19,20)18-10-5-3-4-8-17-9-10/h1-2,6-7,10,17-18H,3-5,8-9H2. The summed E-state index contributed by atoms with van der Waals surface area (Å²) in [5.41, 5.74) is -1.14. The number of rotatable bonds is 3. The number of halogens is 3. The van der Waals surface area contributed by atoms with Crippen LogP contribution >= 0.6 is 0 Å². The van der Waals surface area contributed by atoms with Crippen LogP contribution in [0.2, 0.25) is 0 Å². The van der Waals surface area contributed by atoms with Crippen LogP contribution in [-0.2, 0) is 16.2 Å². The molecule has 0 aromatic heterocycles. The topological polar surface area (TPSA) is 58.2 Å². The molecule has 118 valence electrons. The van der Waals surface area contributed by atoms with Crippen molar-refractivity contribution < 1.29 is 21.6 Å². The van der Waals surface area contributed by atoms with Crippen molar-refractivity contribution in [2.24, 2.45) is 0 Å². The number of hydrogen-bond acceptors (Lipinski definition) is 3. The lowest BCUT2D eigenvalue weighted by molar-refractivity contribution is -0.139. The highest BCUT2D eigenvalue weighted by Crippen LogP contribution is 2.34. The maximum atomic E-state index is 12.9. The van der Waals surface area contributed by atoms with Crippen molar-refractivity contribution in [3.63, 3.8) is 0 Å². The van der Waals surface area contributed by atoms with Crippen molar-refractivity contribution in [3.8, 4) is 0 Å². The Labute approximate surface area is 121 Å². The predicted octanol–water partition coefficient (Wildman–Crippen LogP) is 2.13. The minimum Gasteiger partial charge on any atom is -0.315 e. The summed E-state index contributed by atoms with van der Waals surface area (Å²) in [6.45, 7) is 1.21. The Balaban J connectivity index is 2.27. The SMILES string of the molecule is O=S(=O)(NC1CCCCNC1)c1ccccc1C(F)(F)F. The van der Waals surface area contributed by atoms with Gasteiger partial charge >= 0.3 is 6.18 Å². The normalized spacial score (nSPS) is 21.0. The van der Waals surface area contributed by atoms with Gasteiger partial charge in [0.2, 0.25) is 10.0 Å². The van der Waals surface area contributed by atoms with Crippen LogP contribution in [-0.4, -0.2) is 27.5 Å². The van der Waals surface area contributed by atoms with Crippen molar-refractivity contribution in [2.75, 3.05) is 13.1 Å². The molecule has 0 saturated carbocycles. The summed E-state index contributed by atoms with van der Waals surface area (Å²) in [5.74, 6) is 0. The molecule has 21 heavy (non-hydrogen) atoms. The van der Waals surface area contributed by atoms with Crippen LogP contribution in [0.25, 0.3) is 0 Å². The molecule has 1 heterocycles. The molecule has 0 bridgehead atoms. The molecule has 1 fully saturated rings. The van der Waals surface area contributed by atoms with E-state index >= 15 is 0 Å². The van der Waals surface area contributed by atoms with Gasteiger partial charge in [-0.1, -0.05) is 18.6 Å². The van der Waals surface area contributed by atoms with Crippen molar-refractivity contribution >= 4 is 10.0 Å². The fourth-order valence-electron chi connectivity index (χ4n) is 2.34. The number of alkyl halides is 3. The molecule has 8 heteroatoms. The lowest BCUT2D eigenvalue weighted by Crippen LogP contribution is -2.41. The molecule has 1 aromatic rings. The van der Waals surface area contributed by atoms with E-state index in [4.69, 9.17) is 0 Å². The first-order valence-corrected chi connectivity index (χ1v) is 8.18. The van der Waals surface area contributed by atoms with E-state index < -0.39 is 32.7 Å². The van der Waals surface area contributed by atoms with Gasteiger partial charge in [-0.25, -0.2) is 13.1 Å². The smallest absolute Gasteiger partial charge is 0.315 e. The zero-order chi connectivity index (χ0) is 15.5. The lowest BCUT2D eigenvalue weighted by Gasteiger charge is -2.19. The summed E-state index contributed by atoms with van der Waals surface area (Å²) in [5, 5.41) is 3.07. The highest BCUT2D eigenvalue weighted by Gasteiger charge is 2.37. The van der Waals surface area contributed by atoms with Crippen LogP contribution in [0.4, 0.5) is 13.2 Å².